The smallest absolute Gasteiger partial charge is 0.221 e. The zero-order valence-electron chi connectivity index (χ0n) is 13.1. The van der Waals surface area contributed by atoms with Crippen LogP contribution in [-0.2, 0) is 14.3 Å². The van der Waals surface area contributed by atoms with Crippen LogP contribution in [0, 0.1) is 4.77 Å². The number of Topliss-reactive ketones (excluding diaryl/α,β-unsaturated/α-hetero) is 1. The van der Waals surface area contributed by atoms with Gasteiger partial charge in [-0.1, -0.05) is 36.4 Å². The lowest BCUT2D eigenvalue weighted by atomic mass is 10.0. The number of ether oxygens (including phenoxy) is 2. The van der Waals surface area contributed by atoms with Gasteiger partial charge in [0.25, 0.3) is 0 Å². The third kappa shape index (κ3) is 2.25. The molecule has 2 aliphatic rings. The van der Waals surface area contributed by atoms with E-state index in [4.69, 9.17) is 21.7 Å². The average molecular weight is 354 g/mol. The first-order valence-electron chi connectivity index (χ1n) is 8.05. The number of ketones is 1. The van der Waals surface area contributed by atoms with Crippen molar-refractivity contribution in [3.05, 3.63) is 47.2 Å². The van der Waals surface area contributed by atoms with Crippen LogP contribution in [0.3, 0.4) is 0 Å². The second-order valence-corrected chi connectivity index (χ2v) is 6.56. The first kappa shape index (κ1) is 14.9. The second kappa shape index (κ2) is 5.55. The van der Waals surface area contributed by atoms with Crippen molar-refractivity contribution >= 4 is 28.8 Å². The molecule has 25 heavy (non-hydrogen) atoms. The zero-order chi connectivity index (χ0) is 17.0. The van der Waals surface area contributed by atoms with Crippen LogP contribution in [0.5, 0.6) is 0 Å². The van der Waals surface area contributed by atoms with Crippen molar-refractivity contribution in [3.63, 3.8) is 0 Å². The maximum absolute atomic E-state index is 12.0. The number of hydrogen-bond acceptors (Lipinski definition) is 6. The van der Waals surface area contributed by atoms with Crippen LogP contribution in [0.2, 0.25) is 0 Å². The Kier molecular flexibility index (Phi) is 3.30. The van der Waals surface area contributed by atoms with Crippen LogP contribution in [0.15, 0.2) is 42.5 Å². The normalized spacial score (nSPS) is 25.6. The molecular formula is C17H14N4O3S. The Morgan fingerprint density at radius 3 is 2.88 bits per heavy atom. The first-order chi connectivity index (χ1) is 12.2. The van der Waals surface area contributed by atoms with Crippen molar-refractivity contribution in [2.24, 2.45) is 0 Å². The van der Waals surface area contributed by atoms with E-state index in [9.17, 15) is 4.79 Å². The third-order valence-electron chi connectivity index (χ3n) is 4.72. The van der Waals surface area contributed by atoms with E-state index in [-0.39, 0.29) is 24.3 Å². The van der Waals surface area contributed by atoms with Crippen LogP contribution in [0.1, 0.15) is 12.5 Å². The predicted octanol–water partition coefficient (Wildman–Crippen LogP) is 2.21. The lowest BCUT2D eigenvalue weighted by Crippen LogP contribution is -2.37. The molecule has 8 heteroatoms. The van der Waals surface area contributed by atoms with Gasteiger partial charge in [0, 0.05) is 11.8 Å². The molecule has 5 rings (SSSR count). The van der Waals surface area contributed by atoms with Crippen molar-refractivity contribution < 1.29 is 14.3 Å². The minimum Gasteiger partial charge on any atom is -0.343 e. The van der Waals surface area contributed by atoms with Gasteiger partial charge in [-0.2, -0.15) is 4.68 Å². The van der Waals surface area contributed by atoms with Crippen molar-refractivity contribution in [1.82, 2.24) is 19.8 Å². The molecule has 0 spiro atoms. The van der Waals surface area contributed by atoms with E-state index >= 15 is 0 Å². The number of nitrogens with zero attached hydrogens (tertiary/aromatic N) is 4. The highest BCUT2D eigenvalue weighted by molar-refractivity contribution is 7.71. The molecule has 3 aromatic rings. The van der Waals surface area contributed by atoms with E-state index in [0.29, 0.717) is 11.4 Å². The molecule has 3 heterocycles. The Labute approximate surface area is 147 Å². The van der Waals surface area contributed by atoms with Crippen molar-refractivity contribution in [1.29, 1.82) is 0 Å². The molecule has 3 atom stereocenters. The van der Waals surface area contributed by atoms with Crippen LogP contribution >= 0.6 is 12.2 Å². The molecule has 0 aliphatic carbocycles. The molecule has 2 fully saturated rings. The number of benzene rings is 2. The largest absolute Gasteiger partial charge is 0.343 e. The number of carbonyl (C=O) groups excluding carboxylic acids is 1. The molecular weight excluding hydrogens is 340 g/mol. The summed E-state index contributed by atoms with van der Waals surface area (Å²) in [6, 6.07) is 13.7. The molecule has 1 aromatic heterocycles. The van der Waals surface area contributed by atoms with Gasteiger partial charge >= 0.3 is 0 Å². The molecule has 2 aliphatic heterocycles. The first-order valence-corrected chi connectivity index (χ1v) is 8.45. The van der Waals surface area contributed by atoms with Gasteiger partial charge < -0.3 is 9.47 Å². The number of aromatic nitrogens is 4. The summed E-state index contributed by atoms with van der Waals surface area (Å²) in [5, 5.41) is 10.6. The van der Waals surface area contributed by atoms with Gasteiger partial charge in [-0.05, 0) is 34.1 Å². The van der Waals surface area contributed by atoms with E-state index in [1.165, 1.54) is 0 Å². The van der Waals surface area contributed by atoms with Crippen LogP contribution < -0.4 is 0 Å². The summed E-state index contributed by atoms with van der Waals surface area (Å²) >= 11 is 5.60. The van der Waals surface area contributed by atoms with Gasteiger partial charge in [-0.3, -0.25) is 4.79 Å². The fraction of sp³-hybridized carbons (Fsp3) is 0.294. The van der Waals surface area contributed by atoms with E-state index in [2.05, 4.69) is 10.4 Å². The standard InChI is InChI=1S/C17H14N4O3S/c22-14-8-13(15-9-23-16(14)24-15)21-17(25)20(18-19-21)12-7-3-5-10-4-1-2-6-11(10)12/h1-7,13,15-16H,8-9H2/t13-,15+,16-/m0/s1. The molecule has 0 unspecified atom stereocenters. The topological polar surface area (TPSA) is 71.2 Å². The summed E-state index contributed by atoms with van der Waals surface area (Å²) < 4.78 is 14.6. The van der Waals surface area contributed by atoms with Crippen molar-refractivity contribution in [2.45, 2.75) is 24.9 Å². The number of rotatable bonds is 2. The quantitative estimate of drug-likeness (QED) is 0.657. The fourth-order valence-corrected chi connectivity index (χ4v) is 3.78. The lowest BCUT2D eigenvalue weighted by Gasteiger charge is -2.25. The van der Waals surface area contributed by atoms with Crippen LogP contribution in [0.25, 0.3) is 16.5 Å². The SMILES string of the molecule is O=C1C[C@H](n2nnn(-c3cccc4ccccc34)c2=S)[C@H]2CO[C@H]1O2. The van der Waals surface area contributed by atoms with Crippen molar-refractivity contribution in [3.8, 4) is 5.69 Å². The number of tetrazole rings is 1. The fourth-order valence-electron chi connectivity index (χ4n) is 3.48. The number of fused-ring (bicyclic) bond motifs is 3. The minimum atomic E-state index is -0.733. The van der Waals surface area contributed by atoms with E-state index in [0.717, 1.165) is 16.5 Å². The Morgan fingerprint density at radius 2 is 1.96 bits per heavy atom. The van der Waals surface area contributed by atoms with Gasteiger partial charge in [0.1, 0.15) is 6.10 Å². The molecule has 0 saturated carbocycles. The minimum absolute atomic E-state index is 0.0830. The third-order valence-corrected chi connectivity index (χ3v) is 5.08. The molecule has 7 nitrogen and oxygen atoms in total. The maximum Gasteiger partial charge on any atom is 0.221 e. The Hall–Kier alpha value is -2.42. The van der Waals surface area contributed by atoms with Crippen LogP contribution in [-0.4, -0.2) is 44.6 Å². The van der Waals surface area contributed by atoms with Gasteiger partial charge in [0.05, 0.1) is 18.3 Å². The van der Waals surface area contributed by atoms with Gasteiger partial charge in [0.2, 0.25) is 11.1 Å². The Morgan fingerprint density at radius 1 is 1.12 bits per heavy atom. The molecule has 0 amide bonds. The van der Waals surface area contributed by atoms with Crippen LogP contribution in [0.4, 0.5) is 0 Å². The van der Waals surface area contributed by atoms with Gasteiger partial charge in [-0.25, -0.2) is 4.68 Å². The maximum atomic E-state index is 12.0. The molecule has 0 radical (unpaired) electrons. The van der Waals surface area contributed by atoms with E-state index in [1.54, 1.807) is 9.36 Å². The second-order valence-electron chi connectivity index (χ2n) is 6.19. The summed E-state index contributed by atoms with van der Waals surface area (Å²) in [4.78, 5) is 12.0. The molecule has 2 bridgehead atoms. The Bertz CT molecular complexity index is 1040. The molecule has 126 valence electrons. The van der Waals surface area contributed by atoms with Crippen molar-refractivity contribution in [2.75, 3.05) is 6.61 Å². The number of carbonyl (C=O) groups is 1. The summed E-state index contributed by atoms with van der Waals surface area (Å²) in [7, 11) is 0. The summed E-state index contributed by atoms with van der Waals surface area (Å²) in [6.45, 7) is 0.365. The van der Waals surface area contributed by atoms with E-state index < -0.39 is 6.29 Å². The average Bonchev–Trinajstić information content (AvgIpc) is 3.23. The highest BCUT2D eigenvalue weighted by atomic mass is 32.1. The highest BCUT2D eigenvalue weighted by Gasteiger charge is 2.45. The zero-order valence-corrected chi connectivity index (χ0v) is 13.9. The number of hydrogen-bond donors (Lipinski definition) is 0. The van der Waals surface area contributed by atoms with Gasteiger partial charge in [-0.15, -0.1) is 0 Å². The van der Waals surface area contributed by atoms with E-state index in [1.807, 2.05) is 42.5 Å². The summed E-state index contributed by atoms with van der Waals surface area (Å²) in [6.07, 6.45) is -0.673. The molecule has 0 N–H and O–H groups in total. The van der Waals surface area contributed by atoms with Gasteiger partial charge in [0.15, 0.2) is 5.78 Å². The summed E-state index contributed by atoms with van der Waals surface area (Å²) in [5.74, 6) is -0.0830. The lowest BCUT2D eigenvalue weighted by molar-refractivity contribution is -0.156. The highest BCUT2D eigenvalue weighted by Crippen LogP contribution is 2.33. The molecule has 2 aromatic carbocycles. The predicted molar refractivity (Wildman–Crippen MR) is 91.0 cm³/mol. The summed E-state index contributed by atoms with van der Waals surface area (Å²) in [5.41, 5.74) is 0.859. The Balaban J connectivity index is 1.61. The molecule has 2 saturated heterocycles. The monoisotopic (exact) mass is 354 g/mol.